The van der Waals surface area contributed by atoms with E-state index in [1.807, 2.05) is 13.8 Å². The number of hydrogen-bond donors (Lipinski definition) is 1. The van der Waals surface area contributed by atoms with Crippen molar-refractivity contribution in [2.24, 2.45) is 0 Å². The standard InChI is InChI=1S/C16H15N5O3/c1-10(2)18-13-6-5-11(8-14(13)21(22)23)15-19-16(24-20-15)12-4-3-7-17-9-12/h3-10,18H,1-2H3. The van der Waals surface area contributed by atoms with E-state index in [1.165, 1.54) is 6.07 Å². The minimum absolute atomic E-state index is 0.0334. The third-order valence-corrected chi connectivity index (χ3v) is 3.23. The van der Waals surface area contributed by atoms with Crippen molar-refractivity contribution in [3.63, 3.8) is 0 Å². The Balaban J connectivity index is 1.97. The van der Waals surface area contributed by atoms with E-state index in [2.05, 4.69) is 20.4 Å². The van der Waals surface area contributed by atoms with Crippen LogP contribution in [-0.2, 0) is 0 Å². The Hall–Kier alpha value is -3.29. The van der Waals surface area contributed by atoms with Crippen molar-refractivity contribution in [1.82, 2.24) is 15.1 Å². The number of nitro benzene ring substituents is 1. The summed E-state index contributed by atoms with van der Waals surface area (Å²) >= 11 is 0. The molecule has 3 aromatic rings. The molecular formula is C16H15N5O3. The van der Waals surface area contributed by atoms with Crippen LogP contribution < -0.4 is 5.32 Å². The lowest BCUT2D eigenvalue weighted by Crippen LogP contribution is -2.11. The highest BCUT2D eigenvalue weighted by Gasteiger charge is 2.18. The van der Waals surface area contributed by atoms with Crippen LogP contribution >= 0.6 is 0 Å². The Morgan fingerprint density at radius 3 is 2.75 bits per heavy atom. The van der Waals surface area contributed by atoms with E-state index < -0.39 is 4.92 Å². The fraction of sp³-hybridized carbons (Fsp3) is 0.188. The molecule has 0 unspecified atom stereocenters. The third kappa shape index (κ3) is 3.22. The van der Waals surface area contributed by atoms with Crippen molar-refractivity contribution in [3.8, 4) is 22.8 Å². The number of anilines is 1. The predicted molar refractivity (Wildman–Crippen MR) is 88.4 cm³/mol. The molecule has 0 fully saturated rings. The Kier molecular flexibility index (Phi) is 4.19. The molecule has 24 heavy (non-hydrogen) atoms. The fourth-order valence-corrected chi connectivity index (χ4v) is 2.20. The number of nitro groups is 1. The van der Waals surface area contributed by atoms with Gasteiger partial charge in [-0.3, -0.25) is 15.1 Å². The van der Waals surface area contributed by atoms with E-state index in [0.717, 1.165) is 0 Å². The van der Waals surface area contributed by atoms with Crippen LogP contribution in [0.3, 0.4) is 0 Å². The van der Waals surface area contributed by atoms with Gasteiger partial charge in [-0.1, -0.05) is 5.16 Å². The van der Waals surface area contributed by atoms with Gasteiger partial charge in [-0.25, -0.2) is 0 Å². The van der Waals surface area contributed by atoms with Crippen LogP contribution in [0.2, 0.25) is 0 Å². The highest BCUT2D eigenvalue weighted by Crippen LogP contribution is 2.30. The number of hydrogen-bond acceptors (Lipinski definition) is 7. The molecule has 0 aliphatic carbocycles. The minimum Gasteiger partial charge on any atom is -0.377 e. The summed E-state index contributed by atoms with van der Waals surface area (Å²) in [7, 11) is 0. The maximum Gasteiger partial charge on any atom is 0.293 e. The van der Waals surface area contributed by atoms with Crippen LogP contribution in [0.15, 0.2) is 47.2 Å². The smallest absolute Gasteiger partial charge is 0.293 e. The zero-order valence-electron chi connectivity index (χ0n) is 13.1. The average molecular weight is 325 g/mol. The molecule has 0 bridgehead atoms. The fourth-order valence-electron chi connectivity index (χ4n) is 2.20. The summed E-state index contributed by atoms with van der Waals surface area (Å²) in [6.07, 6.45) is 3.25. The first-order valence-electron chi connectivity index (χ1n) is 7.34. The second kappa shape index (κ2) is 6.45. The summed E-state index contributed by atoms with van der Waals surface area (Å²) in [5, 5.41) is 18.3. The zero-order chi connectivity index (χ0) is 17.1. The molecule has 0 saturated carbocycles. The second-order valence-corrected chi connectivity index (χ2v) is 5.45. The SMILES string of the molecule is CC(C)Nc1ccc(-c2noc(-c3cccnc3)n2)cc1[N+](=O)[O-]. The van der Waals surface area contributed by atoms with Crippen LogP contribution in [-0.4, -0.2) is 26.1 Å². The van der Waals surface area contributed by atoms with Gasteiger partial charge in [0.1, 0.15) is 5.69 Å². The number of aromatic nitrogens is 3. The van der Waals surface area contributed by atoms with Crippen molar-refractivity contribution in [1.29, 1.82) is 0 Å². The largest absolute Gasteiger partial charge is 0.377 e. The van der Waals surface area contributed by atoms with Gasteiger partial charge in [-0.15, -0.1) is 0 Å². The van der Waals surface area contributed by atoms with Crippen molar-refractivity contribution in [3.05, 3.63) is 52.8 Å². The van der Waals surface area contributed by atoms with Crippen LogP contribution in [0.25, 0.3) is 22.8 Å². The minimum atomic E-state index is -0.434. The van der Waals surface area contributed by atoms with Gasteiger partial charge >= 0.3 is 0 Å². The van der Waals surface area contributed by atoms with E-state index >= 15 is 0 Å². The van der Waals surface area contributed by atoms with E-state index in [0.29, 0.717) is 22.7 Å². The Labute approximate surface area is 137 Å². The monoisotopic (exact) mass is 325 g/mol. The van der Waals surface area contributed by atoms with Gasteiger partial charge in [0.15, 0.2) is 0 Å². The molecule has 0 radical (unpaired) electrons. The van der Waals surface area contributed by atoms with E-state index in [4.69, 9.17) is 4.52 Å². The zero-order valence-corrected chi connectivity index (χ0v) is 13.1. The molecular weight excluding hydrogens is 310 g/mol. The molecule has 0 atom stereocenters. The number of rotatable bonds is 5. The van der Waals surface area contributed by atoms with Gasteiger partial charge in [0.25, 0.3) is 11.6 Å². The molecule has 0 aliphatic heterocycles. The second-order valence-electron chi connectivity index (χ2n) is 5.45. The molecule has 2 aromatic heterocycles. The molecule has 0 amide bonds. The molecule has 2 heterocycles. The van der Waals surface area contributed by atoms with Crippen molar-refractivity contribution in [2.75, 3.05) is 5.32 Å². The normalized spacial score (nSPS) is 10.8. The van der Waals surface area contributed by atoms with Gasteiger partial charge in [0.2, 0.25) is 5.82 Å². The highest BCUT2D eigenvalue weighted by atomic mass is 16.6. The molecule has 8 heteroatoms. The summed E-state index contributed by atoms with van der Waals surface area (Å²) in [4.78, 5) is 19.1. The highest BCUT2D eigenvalue weighted by molar-refractivity contribution is 5.71. The van der Waals surface area contributed by atoms with Crippen molar-refractivity contribution < 1.29 is 9.45 Å². The summed E-state index contributed by atoms with van der Waals surface area (Å²) in [5.74, 6) is 0.596. The van der Waals surface area contributed by atoms with Crippen molar-refractivity contribution in [2.45, 2.75) is 19.9 Å². The first-order valence-corrected chi connectivity index (χ1v) is 7.34. The lowest BCUT2D eigenvalue weighted by molar-refractivity contribution is -0.383. The van der Waals surface area contributed by atoms with Crippen LogP contribution in [0.1, 0.15) is 13.8 Å². The lowest BCUT2D eigenvalue weighted by atomic mass is 10.1. The third-order valence-electron chi connectivity index (χ3n) is 3.23. The predicted octanol–water partition coefficient (Wildman–Crippen LogP) is 3.53. The van der Waals surface area contributed by atoms with E-state index in [1.54, 1.807) is 36.7 Å². The van der Waals surface area contributed by atoms with Crippen LogP contribution in [0.4, 0.5) is 11.4 Å². The Morgan fingerprint density at radius 2 is 2.08 bits per heavy atom. The molecule has 0 aliphatic rings. The molecule has 1 N–H and O–H groups in total. The Bertz CT molecular complexity index is 861. The van der Waals surface area contributed by atoms with Crippen LogP contribution in [0.5, 0.6) is 0 Å². The molecule has 0 spiro atoms. The van der Waals surface area contributed by atoms with Gasteiger partial charge in [0.05, 0.1) is 10.5 Å². The summed E-state index contributed by atoms with van der Waals surface area (Å²) < 4.78 is 5.21. The first kappa shape index (κ1) is 15.6. The number of nitrogens with zero attached hydrogens (tertiary/aromatic N) is 4. The lowest BCUT2D eigenvalue weighted by Gasteiger charge is -2.10. The summed E-state index contributed by atoms with van der Waals surface area (Å²) in [6, 6.07) is 8.43. The maximum absolute atomic E-state index is 11.3. The molecule has 3 rings (SSSR count). The molecule has 1 aromatic carbocycles. The van der Waals surface area contributed by atoms with Crippen LogP contribution in [0, 0.1) is 10.1 Å². The van der Waals surface area contributed by atoms with Gasteiger partial charge in [0, 0.05) is 30.1 Å². The van der Waals surface area contributed by atoms with Gasteiger partial charge in [-0.2, -0.15) is 4.98 Å². The first-order chi connectivity index (χ1) is 11.5. The maximum atomic E-state index is 11.3. The summed E-state index contributed by atoms with van der Waals surface area (Å²) in [5.41, 5.74) is 1.61. The molecule has 0 saturated heterocycles. The number of pyridine rings is 1. The Morgan fingerprint density at radius 1 is 1.25 bits per heavy atom. The van der Waals surface area contributed by atoms with E-state index in [9.17, 15) is 10.1 Å². The average Bonchev–Trinajstić information content (AvgIpc) is 3.05. The van der Waals surface area contributed by atoms with Gasteiger partial charge in [-0.05, 0) is 38.1 Å². The van der Waals surface area contributed by atoms with Gasteiger partial charge < -0.3 is 9.84 Å². The van der Waals surface area contributed by atoms with E-state index in [-0.39, 0.29) is 17.6 Å². The van der Waals surface area contributed by atoms with Crippen molar-refractivity contribution >= 4 is 11.4 Å². The molecule has 8 nitrogen and oxygen atoms in total. The molecule has 122 valence electrons. The number of benzene rings is 1. The number of nitrogens with one attached hydrogen (secondary N) is 1. The quantitative estimate of drug-likeness (QED) is 0.564. The topological polar surface area (TPSA) is 107 Å². The summed E-state index contributed by atoms with van der Waals surface area (Å²) in [6.45, 7) is 3.83.